The summed E-state index contributed by atoms with van der Waals surface area (Å²) in [5.74, 6) is 0.165. The second-order valence-corrected chi connectivity index (χ2v) is 6.39. The van der Waals surface area contributed by atoms with Crippen LogP contribution in [0.3, 0.4) is 0 Å². The van der Waals surface area contributed by atoms with Crippen LogP contribution in [0.15, 0.2) is 49.1 Å². The molecule has 0 atom stereocenters. The number of rotatable bonds is 5. The van der Waals surface area contributed by atoms with Crippen LogP contribution in [0.2, 0.25) is 0 Å². The molecular weight excluding hydrogens is 343 g/mol. The van der Waals surface area contributed by atoms with E-state index >= 15 is 0 Å². The zero-order valence-corrected chi connectivity index (χ0v) is 15.0. The Kier molecular flexibility index (Phi) is 4.54. The Bertz CT molecular complexity index is 1110. The molecule has 0 aliphatic heterocycles. The van der Waals surface area contributed by atoms with E-state index in [4.69, 9.17) is 4.74 Å². The first kappa shape index (κ1) is 17.1. The summed E-state index contributed by atoms with van der Waals surface area (Å²) in [5, 5.41) is 1.01. The largest absolute Gasteiger partial charge is 0.495 e. The smallest absolute Gasteiger partial charge is 0.216 e. The Morgan fingerprint density at radius 1 is 1.15 bits per heavy atom. The van der Waals surface area contributed by atoms with Crippen LogP contribution in [-0.2, 0) is 6.42 Å². The minimum atomic E-state index is -0.477. The van der Waals surface area contributed by atoms with Gasteiger partial charge in [-0.15, -0.1) is 0 Å². The second-order valence-electron chi connectivity index (χ2n) is 6.39. The molecule has 0 fully saturated rings. The number of methoxy groups -OCH3 is 1. The van der Waals surface area contributed by atoms with Gasteiger partial charge in [-0.2, -0.15) is 4.39 Å². The second kappa shape index (κ2) is 7.15. The SMILES string of the molecule is COc1cncc([CH]c2ccc(Cc3c[nH]c4ncc(C)cc34)c(F)n2)c1. The Balaban J connectivity index is 1.57. The Labute approximate surface area is 156 Å². The van der Waals surface area contributed by atoms with Crippen LogP contribution in [0.4, 0.5) is 4.39 Å². The van der Waals surface area contributed by atoms with Crippen molar-refractivity contribution in [2.75, 3.05) is 7.11 Å². The zero-order valence-electron chi connectivity index (χ0n) is 15.0. The third-order valence-corrected chi connectivity index (χ3v) is 4.37. The topological polar surface area (TPSA) is 63.7 Å². The maximum Gasteiger partial charge on any atom is 0.216 e. The van der Waals surface area contributed by atoms with Gasteiger partial charge in [0.15, 0.2) is 0 Å². The molecule has 0 bridgehead atoms. The van der Waals surface area contributed by atoms with E-state index in [1.807, 2.05) is 25.4 Å². The predicted octanol–water partition coefficient (Wildman–Crippen LogP) is 4.00. The van der Waals surface area contributed by atoms with E-state index in [1.165, 1.54) is 0 Å². The molecule has 0 aliphatic rings. The summed E-state index contributed by atoms with van der Waals surface area (Å²) in [6.07, 6.45) is 9.19. The summed E-state index contributed by atoms with van der Waals surface area (Å²) in [4.78, 5) is 15.7. The summed E-state index contributed by atoms with van der Waals surface area (Å²) >= 11 is 0. The highest BCUT2D eigenvalue weighted by Crippen LogP contribution is 2.22. The Hall–Kier alpha value is -3.28. The van der Waals surface area contributed by atoms with Gasteiger partial charge in [0.2, 0.25) is 5.95 Å². The third-order valence-electron chi connectivity index (χ3n) is 4.37. The normalized spacial score (nSPS) is 11.1. The highest BCUT2D eigenvalue weighted by molar-refractivity contribution is 5.80. The maximum absolute atomic E-state index is 14.6. The van der Waals surface area contributed by atoms with Crippen molar-refractivity contribution < 1.29 is 9.13 Å². The van der Waals surface area contributed by atoms with Crippen LogP contribution >= 0.6 is 0 Å². The first-order valence-corrected chi connectivity index (χ1v) is 8.54. The third kappa shape index (κ3) is 3.65. The molecule has 4 aromatic rings. The van der Waals surface area contributed by atoms with Crippen molar-refractivity contribution in [1.82, 2.24) is 19.9 Å². The zero-order chi connectivity index (χ0) is 18.8. The monoisotopic (exact) mass is 361 g/mol. The van der Waals surface area contributed by atoms with E-state index < -0.39 is 5.95 Å². The molecule has 4 aromatic heterocycles. The van der Waals surface area contributed by atoms with Gasteiger partial charge in [0.05, 0.1) is 19.0 Å². The molecule has 0 amide bonds. The van der Waals surface area contributed by atoms with Crippen molar-refractivity contribution in [2.45, 2.75) is 13.3 Å². The lowest BCUT2D eigenvalue weighted by Gasteiger charge is -2.06. The number of aryl methyl sites for hydroxylation is 1. The van der Waals surface area contributed by atoms with E-state index in [0.717, 1.165) is 27.7 Å². The summed E-state index contributed by atoms with van der Waals surface area (Å²) in [7, 11) is 1.58. The van der Waals surface area contributed by atoms with Crippen LogP contribution in [0.25, 0.3) is 11.0 Å². The van der Waals surface area contributed by atoms with Gasteiger partial charge in [0.25, 0.3) is 0 Å². The lowest BCUT2D eigenvalue weighted by molar-refractivity contribution is 0.412. The maximum atomic E-state index is 14.6. The molecular formula is C21H18FN4O. The van der Waals surface area contributed by atoms with E-state index in [0.29, 0.717) is 23.4 Å². The van der Waals surface area contributed by atoms with Crippen LogP contribution in [0, 0.1) is 19.3 Å². The molecule has 4 heterocycles. The molecule has 0 spiro atoms. The summed E-state index contributed by atoms with van der Waals surface area (Å²) < 4.78 is 19.7. The van der Waals surface area contributed by atoms with Crippen LogP contribution in [-0.4, -0.2) is 27.0 Å². The number of pyridine rings is 3. The van der Waals surface area contributed by atoms with Crippen LogP contribution in [0.5, 0.6) is 5.75 Å². The number of aromatic amines is 1. The van der Waals surface area contributed by atoms with Gasteiger partial charge >= 0.3 is 0 Å². The molecule has 0 saturated carbocycles. The number of hydrogen-bond donors (Lipinski definition) is 1. The van der Waals surface area contributed by atoms with Gasteiger partial charge in [-0.05, 0) is 41.8 Å². The van der Waals surface area contributed by atoms with Crippen molar-refractivity contribution in [3.63, 3.8) is 0 Å². The molecule has 0 aliphatic carbocycles. The van der Waals surface area contributed by atoms with E-state index in [9.17, 15) is 4.39 Å². The fourth-order valence-electron chi connectivity index (χ4n) is 3.00. The van der Waals surface area contributed by atoms with E-state index in [-0.39, 0.29) is 0 Å². The molecule has 1 N–H and O–H groups in total. The molecule has 1 radical (unpaired) electrons. The van der Waals surface area contributed by atoms with Crippen molar-refractivity contribution >= 4 is 11.0 Å². The lowest BCUT2D eigenvalue weighted by atomic mass is 10.0. The van der Waals surface area contributed by atoms with Crippen molar-refractivity contribution in [3.05, 3.63) is 89.4 Å². The standard InChI is InChI=1S/C21H18FN4O/c1-13-5-19-16(11-25-21(19)24-9-13)8-15-3-4-17(26-20(15)22)6-14-7-18(27-2)12-23-10-14/h3-7,9-12H,8H2,1-2H3,(H,24,25). The molecule has 4 rings (SSSR count). The number of hydrogen-bond acceptors (Lipinski definition) is 4. The fraction of sp³-hybridized carbons (Fsp3) is 0.143. The van der Waals surface area contributed by atoms with E-state index in [1.54, 1.807) is 38.1 Å². The van der Waals surface area contributed by atoms with Crippen molar-refractivity contribution in [1.29, 1.82) is 0 Å². The number of aromatic nitrogens is 4. The molecule has 5 nitrogen and oxygen atoms in total. The first-order valence-electron chi connectivity index (χ1n) is 8.54. The number of H-pyrrole nitrogens is 1. The van der Waals surface area contributed by atoms with Gasteiger partial charge < -0.3 is 9.72 Å². The van der Waals surface area contributed by atoms with Crippen molar-refractivity contribution in [3.8, 4) is 5.75 Å². The van der Waals surface area contributed by atoms with E-state index in [2.05, 4.69) is 26.0 Å². The molecule has 6 heteroatoms. The Morgan fingerprint density at radius 2 is 2.04 bits per heavy atom. The number of ether oxygens (including phenoxy) is 1. The molecule has 0 unspecified atom stereocenters. The van der Waals surface area contributed by atoms with Gasteiger partial charge in [0, 0.05) is 42.4 Å². The lowest BCUT2D eigenvalue weighted by Crippen LogP contribution is -1.99. The Morgan fingerprint density at radius 3 is 2.85 bits per heavy atom. The highest BCUT2D eigenvalue weighted by atomic mass is 19.1. The quantitative estimate of drug-likeness (QED) is 0.546. The number of nitrogens with zero attached hydrogens (tertiary/aromatic N) is 3. The minimum absolute atomic E-state index is 0.449. The molecule has 27 heavy (non-hydrogen) atoms. The first-order chi connectivity index (χ1) is 13.1. The van der Waals surface area contributed by atoms with Gasteiger partial charge in [-0.25, -0.2) is 9.97 Å². The summed E-state index contributed by atoms with van der Waals surface area (Å²) in [5.41, 5.74) is 4.74. The summed E-state index contributed by atoms with van der Waals surface area (Å²) in [6.45, 7) is 1.99. The van der Waals surface area contributed by atoms with Crippen LogP contribution in [0.1, 0.15) is 27.9 Å². The minimum Gasteiger partial charge on any atom is -0.495 e. The van der Waals surface area contributed by atoms with Gasteiger partial charge in [-0.3, -0.25) is 4.98 Å². The number of halogens is 1. The highest BCUT2D eigenvalue weighted by Gasteiger charge is 2.11. The van der Waals surface area contributed by atoms with Crippen molar-refractivity contribution in [2.24, 2.45) is 0 Å². The molecule has 0 aromatic carbocycles. The van der Waals surface area contributed by atoms with Gasteiger partial charge in [0.1, 0.15) is 11.4 Å². The van der Waals surface area contributed by atoms with Gasteiger partial charge in [-0.1, -0.05) is 6.07 Å². The summed E-state index contributed by atoms with van der Waals surface area (Å²) in [6, 6.07) is 7.44. The fourth-order valence-corrected chi connectivity index (χ4v) is 3.00. The number of fused-ring (bicyclic) bond motifs is 1. The predicted molar refractivity (Wildman–Crippen MR) is 101 cm³/mol. The average molecular weight is 361 g/mol. The number of nitrogens with one attached hydrogen (secondary N) is 1. The van der Waals surface area contributed by atoms with Crippen LogP contribution < -0.4 is 4.74 Å². The average Bonchev–Trinajstić information content (AvgIpc) is 3.06. The molecule has 135 valence electrons. The molecule has 0 saturated heterocycles.